The lowest BCUT2D eigenvalue weighted by molar-refractivity contribution is 0.355. The van der Waals surface area contributed by atoms with Gasteiger partial charge in [0.1, 0.15) is 5.82 Å². The van der Waals surface area contributed by atoms with E-state index in [9.17, 15) is 0 Å². The Balaban J connectivity index is 1.97. The molecule has 1 fully saturated rings. The van der Waals surface area contributed by atoms with E-state index in [1.165, 1.54) is 6.42 Å². The summed E-state index contributed by atoms with van der Waals surface area (Å²) < 4.78 is 0. The molecule has 1 saturated heterocycles. The molecule has 1 aliphatic rings. The predicted molar refractivity (Wildman–Crippen MR) is 93.9 cm³/mol. The van der Waals surface area contributed by atoms with Gasteiger partial charge in [-0.3, -0.25) is 0 Å². The maximum absolute atomic E-state index is 5.24. The summed E-state index contributed by atoms with van der Waals surface area (Å²) in [5, 5.41) is 6.96. The average Bonchev–Trinajstić information content (AvgIpc) is 2.37. The van der Waals surface area contributed by atoms with Gasteiger partial charge in [-0.05, 0) is 56.5 Å². The number of aromatic nitrogens is 1. The van der Waals surface area contributed by atoms with Gasteiger partial charge < -0.3 is 15.5 Å². The summed E-state index contributed by atoms with van der Waals surface area (Å²) >= 11 is 5.24. The molecule has 1 aliphatic heterocycles. The largest absolute Gasteiger partial charge is 0.360 e. The number of pyridine rings is 1. The minimum Gasteiger partial charge on any atom is -0.360 e. The van der Waals surface area contributed by atoms with Crippen LogP contribution in [0.1, 0.15) is 34.1 Å². The second kappa shape index (κ2) is 7.07. The average molecular weight is 306 g/mol. The standard InChI is InChI=1S/C16H26N4S/c1-11(2)18-16(21)19-14-5-6-15(17-8-14)20-9-12(3)7-13(4)10-20/h5-6,8,11-13H,7,9-10H2,1-4H3,(H2,18,19,21)/t12-,13-/m1/s1. The van der Waals surface area contributed by atoms with Crippen molar-refractivity contribution >= 4 is 28.8 Å². The lowest BCUT2D eigenvalue weighted by Crippen LogP contribution is -2.39. The van der Waals surface area contributed by atoms with Crippen molar-refractivity contribution in [2.45, 2.75) is 40.2 Å². The van der Waals surface area contributed by atoms with Crippen molar-refractivity contribution in [3.8, 4) is 0 Å². The van der Waals surface area contributed by atoms with Gasteiger partial charge in [-0.15, -0.1) is 0 Å². The maximum atomic E-state index is 5.24. The highest BCUT2D eigenvalue weighted by atomic mass is 32.1. The molecular formula is C16H26N4S. The second-order valence-electron chi connectivity index (χ2n) is 6.51. The number of nitrogens with zero attached hydrogens (tertiary/aromatic N) is 2. The van der Waals surface area contributed by atoms with Crippen LogP contribution in [0.4, 0.5) is 11.5 Å². The van der Waals surface area contributed by atoms with E-state index in [2.05, 4.69) is 54.3 Å². The molecule has 0 aromatic carbocycles. The predicted octanol–water partition coefficient (Wildman–Crippen LogP) is 3.26. The van der Waals surface area contributed by atoms with E-state index in [4.69, 9.17) is 12.2 Å². The highest BCUT2D eigenvalue weighted by Gasteiger charge is 2.22. The third kappa shape index (κ3) is 4.84. The molecule has 0 bridgehead atoms. The number of thiocarbonyl (C=S) groups is 1. The molecule has 1 aromatic rings. The highest BCUT2D eigenvalue weighted by Crippen LogP contribution is 2.25. The van der Waals surface area contributed by atoms with Gasteiger partial charge in [-0.25, -0.2) is 4.98 Å². The number of rotatable bonds is 3. The van der Waals surface area contributed by atoms with Crippen molar-refractivity contribution in [2.24, 2.45) is 11.8 Å². The molecule has 2 N–H and O–H groups in total. The van der Waals surface area contributed by atoms with E-state index in [1.54, 1.807) is 0 Å². The van der Waals surface area contributed by atoms with Crippen LogP contribution >= 0.6 is 12.2 Å². The van der Waals surface area contributed by atoms with Crippen LogP contribution in [-0.4, -0.2) is 29.2 Å². The molecule has 4 nitrogen and oxygen atoms in total. The summed E-state index contributed by atoms with van der Waals surface area (Å²) in [5.74, 6) is 2.52. The third-order valence-electron chi connectivity index (χ3n) is 3.62. The zero-order chi connectivity index (χ0) is 15.4. The Labute approximate surface area is 133 Å². The molecular weight excluding hydrogens is 280 g/mol. The topological polar surface area (TPSA) is 40.2 Å². The third-order valence-corrected chi connectivity index (χ3v) is 3.84. The zero-order valence-electron chi connectivity index (χ0n) is 13.4. The van der Waals surface area contributed by atoms with Crippen molar-refractivity contribution in [1.29, 1.82) is 0 Å². The van der Waals surface area contributed by atoms with Crippen molar-refractivity contribution in [3.05, 3.63) is 18.3 Å². The van der Waals surface area contributed by atoms with Crippen LogP contribution in [-0.2, 0) is 0 Å². The molecule has 116 valence electrons. The van der Waals surface area contributed by atoms with E-state index >= 15 is 0 Å². The molecule has 21 heavy (non-hydrogen) atoms. The normalized spacial score (nSPS) is 22.2. The fraction of sp³-hybridized carbons (Fsp3) is 0.625. The van der Waals surface area contributed by atoms with E-state index < -0.39 is 0 Å². The van der Waals surface area contributed by atoms with Gasteiger partial charge in [0.25, 0.3) is 0 Å². The molecule has 2 rings (SSSR count). The summed E-state index contributed by atoms with van der Waals surface area (Å²) in [6, 6.07) is 4.44. The van der Waals surface area contributed by atoms with E-state index in [0.29, 0.717) is 11.2 Å². The molecule has 5 heteroatoms. The lowest BCUT2D eigenvalue weighted by Gasteiger charge is -2.35. The van der Waals surface area contributed by atoms with Crippen LogP contribution in [0.15, 0.2) is 18.3 Å². The summed E-state index contributed by atoms with van der Waals surface area (Å²) in [4.78, 5) is 6.96. The first kappa shape index (κ1) is 16.0. The minimum atomic E-state index is 0.327. The zero-order valence-corrected chi connectivity index (χ0v) is 14.2. The lowest BCUT2D eigenvalue weighted by atomic mass is 9.92. The summed E-state index contributed by atoms with van der Waals surface area (Å²) in [7, 11) is 0. The maximum Gasteiger partial charge on any atom is 0.171 e. The van der Waals surface area contributed by atoms with Crippen molar-refractivity contribution < 1.29 is 0 Å². The quantitative estimate of drug-likeness (QED) is 0.839. The van der Waals surface area contributed by atoms with E-state index in [-0.39, 0.29) is 0 Å². The first-order valence-corrected chi connectivity index (χ1v) is 8.13. The number of nitrogens with one attached hydrogen (secondary N) is 2. The van der Waals surface area contributed by atoms with Crippen LogP contribution in [0.5, 0.6) is 0 Å². The van der Waals surface area contributed by atoms with Crippen LogP contribution < -0.4 is 15.5 Å². The molecule has 1 aromatic heterocycles. The molecule has 0 unspecified atom stereocenters. The Hall–Kier alpha value is -1.36. The Morgan fingerprint density at radius 3 is 2.48 bits per heavy atom. The molecule has 0 radical (unpaired) electrons. The van der Waals surface area contributed by atoms with Gasteiger partial charge >= 0.3 is 0 Å². The van der Waals surface area contributed by atoms with Crippen molar-refractivity contribution in [2.75, 3.05) is 23.3 Å². The summed E-state index contributed by atoms with van der Waals surface area (Å²) in [6.45, 7) is 10.9. The van der Waals surface area contributed by atoms with Crippen molar-refractivity contribution in [3.63, 3.8) is 0 Å². The Bertz CT molecular complexity index is 462. The van der Waals surface area contributed by atoms with Gasteiger partial charge in [-0.2, -0.15) is 0 Å². The Morgan fingerprint density at radius 2 is 1.95 bits per heavy atom. The Kier molecular flexibility index (Phi) is 5.39. The second-order valence-corrected chi connectivity index (χ2v) is 6.92. The molecule has 2 heterocycles. The van der Waals surface area contributed by atoms with E-state index in [0.717, 1.165) is 36.4 Å². The van der Waals surface area contributed by atoms with Gasteiger partial charge in [0.2, 0.25) is 0 Å². The fourth-order valence-corrected chi connectivity index (χ4v) is 3.28. The number of piperidine rings is 1. The first-order chi connectivity index (χ1) is 9.94. The Morgan fingerprint density at radius 1 is 1.29 bits per heavy atom. The fourth-order valence-electron chi connectivity index (χ4n) is 2.93. The SMILES string of the molecule is CC(C)NC(=S)Nc1ccc(N2C[C@H](C)C[C@@H](C)C2)nc1. The number of hydrogen-bond donors (Lipinski definition) is 2. The van der Waals surface area contributed by atoms with Gasteiger partial charge in [-0.1, -0.05) is 13.8 Å². The number of anilines is 2. The smallest absolute Gasteiger partial charge is 0.171 e. The van der Waals surface area contributed by atoms with Crippen molar-refractivity contribution in [1.82, 2.24) is 10.3 Å². The van der Waals surface area contributed by atoms with Gasteiger partial charge in [0, 0.05) is 19.1 Å². The molecule has 0 spiro atoms. The van der Waals surface area contributed by atoms with Crippen LogP contribution in [0, 0.1) is 11.8 Å². The summed E-state index contributed by atoms with van der Waals surface area (Å²) in [5.41, 5.74) is 0.926. The molecule has 0 amide bonds. The van der Waals surface area contributed by atoms with Crippen LogP contribution in [0.25, 0.3) is 0 Å². The van der Waals surface area contributed by atoms with Gasteiger partial charge in [0.05, 0.1) is 11.9 Å². The number of hydrogen-bond acceptors (Lipinski definition) is 3. The molecule has 0 aliphatic carbocycles. The monoisotopic (exact) mass is 306 g/mol. The summed E-state index contributed by atoms with van der Waals surface area (Å²) in [6.07, 6.45) is 3.17. The first-order valence-electron chi connectivity index (χ1n) is 7.72. The molecule has 2 atom stereocenters. The van der Waals surface area contributed by atoms with Crippen LogP contribution in [0.2, 0.25) is 0 Å². The highest BCUT2D eigenvalue weighted by molar-refractivity contribution is 7.80. The van der Waals surface area contributed by atoms with E-state index in [1.807, 2.05) is 12.3 Å². The van der Waals surface area contributed by atoms with Gasteiger partial charge in [0.15, 0.2) is 5.11 Å². The molecule has 0 saturated carbocycles. The minimum absolute atomic E-state index is 0.327. The van der Waals surface area contributed by atoms with Crippen LogP contribution in [0.3, 0.4) is 0 Å².